The summed E-state index contributed by atoms with van der Waals surface area (Å²) in [5.41, 5.74) is 0.661. The minimum absolute atomic E-state index is 0.0678. The van der Waals surface area contributed by atoms with Gasteiger partial charge in [0.25, 0.3) is 11.5 Å². The first kappa shape index (κ1) is 25.7. The standard InChI is InChI=1S/C30H21F2N5O4/c1-36-29-17(16-34-36)13-23(30(39)37(29)20-6-3-18(31)4-7-20)28(38)35-19-5-10-27(24(32)14-19)41-26-11-12-33-25-15-21(40-2)8-9-22(25)26/h3-16H,1-2H3,(H,35,38). The molecule has 0 bridgehead atoms. The van der Waals surface area contributed by atoms with Crippen molar-refractivity contribution >= 4 is 33.5 Å². The van der Waals surface area contributed by atoms with Gasteiger partial charge in [-0.15, -0.1) is 0 Å². The van der Waals surface area contributed by atoms with Crippen LogP contribution < -0.4 is 20.3 Å². The largest absolute Gasteiger partial charge is 0.497 e. The number of hydrogen-bond donors (Lipinski definition) is 1. The van der Waals surface area contributed by atoms with E-state index in [0.717, 1.165) is 6.07 Å². The van der Waals surface area contributed by atoms with Crippen LogP contribution in [0, 0.1) is 11.6 Å². The number of pyridine rings is 2. The van der Waals surface area contributed by atoms with Crippen molar-refractivity contribution in [2.75, 3.05) is 12.4 Å². The maximum atomic E-state index is 15.1. The molecule has 0 fully saturated rings. The lowest BCUT2D eigenvalue weighted by Gasteiger charge is -2.13. The van der Waals surface area contributed by atoms with Crippen molar-refractivity contribution in [2.24, 2.45) is 7.05 Å². The fourth-order valence-corrected chi connectivity index (χ4v) is 4.55. The van der Waals surface area contributed by atoms with Gasteiger partial charge in [-0.25, -0.2) is 8.78 Å². The molecule has 0 aliphatic rings. The van der Waals surface area contributed by atoms with E-state index in [4.69, 9.17) is 9.47 Å². The van der Waals surface area contributed by atoms with E-state index in [1.165, 1.54) is 57.9 Å². The van der Waals surface area contributed by atoms with E-state index in [9.17, 15) is 14.0 Å². The quantitative estimate of drug-likeness (QED) is 0.288. The molecule has 0 saturated carbocycles. The second-order valence-electron chi connectivity index (χ2n) is 9.12. The maximum Gasteiger partial charge on any atom is 0.269 e. The molecule has 3 aromatic carbocycles. The highest BCUT2D eigenvalue weighted by Gasteiger charge is 2.20. The van der Waals surface area contributed by atoms with Crippen molar-refractivity contribution in [3.8, 4) is 22.9 Å². The number of methoxy groups -OCH3 is 1. The highest BCUT2D eigenvalue weighted by atomic mass is 19.1. The Hall–Kier alpha value is -5.58. The van der Waals surface area contributed by atoms with Gasteiger partial charge in [0.05, 0.1) is 24.5 Å². The maximum absolute atomic E-state index is 15.1. The van der Waals surface area contributed by atoms with Crippen molar-refractivity contribution in [1.29, 1.82) is 0 Å². The monoisotopic (exact) mass is 553 g/mol. The lowest BCUT2D eigenvalue weighted by atomic mass is 10.2. The summed E-state index contributed by atoms with van der Waals surface area (Å²) in [4.78, 5) is 31.0. The second-order valence-corrected chi connectivity index (χ2v) is 9.12. The number of ether oxygens (including phenoxy) is 2. The van der Waals surface area contributed by atoms with Crippen LogP contribution in [0.25, 0.3) is 27.6 Å². The fraction of sp³-hybridized carbons (Fsp3) is 0.0667. The van der Waals surface area contributed by atoms with Gasteiger partial charge in [0, 0.05) is 41.8 Å². The minimum atomic E-state index is -0.751. The van der Waals surface area contributed by atoms with Gasteiger partial charge >= 0.3 is 0 Å². The van der Waals surface area contributed by atoms with Crippen LogP contribution in [0.5, 0.6) is 17.2 Å². The van der Waals surface area contributed by atoms with Crippen LogP contribution in [-0.4, -0.2) is 32.3 Å². The zero-order chi connectivity index (χ0) is 28.7. The first-order valence-electron chi connectivity index (χ1n) is 12.4. The number of carbonyl (C=O) groups excluding carboxylic acids is 1. The van der Waals surface area contributed by atoms with Crippen LogP contribution in [0.1, 0.15) is 10.4 Å². The number of amides is 1. The molecule has 11 heteroatoms. The van der Waals surface area contributed by atoms with Gasteiger partial charge in [-0.2, -0.15) is 5.10 Å². The van der Waals surface area contributed by atoms with Gasteiger partial charge in [-0.05, 0) is 60.7 Å². The molecule has 3 aromatic heterocycles. The lowest BCUT2D eigenvalue weighted by molar-refractivity contribution is 0.102. The Labute approximate surface area is 231 Å². The summed E-state index contributed by atoms with van der Waals surface area (Å²) in [5.74, 6) is -1.00. The predicted molar refractivity (Wildman–Crippen MR) is 149 cm³/mol. The molecule has 3 heterocycles. The Morgan fingerprint density at radius 1 is 0.951 bits per heavy atom. The number of anilines is 1. The van der Waals surface area contributed by atoms with E-state index in [1.54, 1.807) is 44.6 Å². The zero-order valence-electron chi connectivity index (χ0n) is 21.8. The van der Waals surface area contributed by atoms with Crippen molar-refractivity contribution in [3.63, 3.8) is 0 Å². The molecule has 6 rings (SSSR count). The molecule has 9 nitrogen and oxygen atoms in total. The van der Waals surface area contributed by atoms with Gasteiger partial charge in [-0.3, -0.25) is 23.8 Å². The third-order valence-corrected chi connectivity index (χ3v) is 6.53. The average Bonchev–Trinajstić information content (AvgIpc) is 3.34. The topological polar surface area (TPSA) is 100 Å². The first-order valence-corrected chi connectivity index (χ1v) is 12.4. The number of carbonyl (C=O) groups is 1. The number of rotatable bonds is 6. The minimum Gasteiger partial charge on any atom is -0.497 e. The first-order chi connectivity index (χ1) is 19.8. The summed E-state index contributed by atoms with van der Waals surface area (Å²) in [5, 5.41) is 7.93. The van der Waals surface area contributed by atoms with Crippen molar-refractivity contribution in [1.82, 2.24) is 19.3 Å². The summed E-state index contributed by atoms with van der Waals surface area (Å²) in [6.45, 7) is 0. The smallest absolute Gasteiger partial charge is 0.269 e. The summed E-state index contributed by atoms with van der Waals surface area (Å²) in [6.07, 6.45) is 3.05. The Kier molecular flexibility index (Phi) is 6.38. The van der Waals surface area contributed by atoms with Gasteiger partial charge in [0.15, 0.2) is 11.6 Å². The summed E-state index contributed by atoms with van der Waals surface area (Å²) < 4.78 is 42.5. The number of aromatic nitrogens is 4. The molecular formula is C30H21F2N5O4. The Bertz CT molecular complexity index is 2020. The van der Waals surface area contributed by atoms with Crippen LogP contribution in [0.2, 0.25) is 0 Å². The van der Waals surface area contributed by atoms with Gasteiger partial charge in [0.2, 0.25) is 0 Å². The van der Waals surface area contributed by atoms with E-state index in [1.807, 2.05) is 0 Å². The Morgan fingerprint density at radius 2 is 1.76 bits per heavy atom. The van der Waals surface area contributed by atoms with Crippen LogP contribution >= 0.6 is 0 Å². The number of nitrogens with one attached hydrogen (secondary N) is 1. The summed E-state index contributed by atoms with van der Waals surface area (Å²) in [6, 6.07) is 17.5. The molecule has 0 aliphatic heterocycles. The third-order valence-electron chi connectivity index (χ3n) is 6.53. The molecule has 6 aromatic rings. The molecule has 41 heavy (non-hydrogen) atoms. The van der Waals surface area contributed by atoms with Crippen LogP contribution in [0.3, 0.4) is 0 Å². The van der Waals surface area contributed by atoms with Crippen molar-refractivity contribution < 1.29 is 23.0 Å². The zero-order valence-corrected chi connectivity index (χ0v) is 21.8. The SMILES string of the molecule is COc1ccc2c(Oc3ccc(NC(=O)c4cc5cnn(C)c5n(-c5ccc(F)cc5)c4=O)cc3F)ccnc2c1. The number of halogens is 2. The molecule has 0 unspecified atom stereocenters. The van der Waals surface area contributed by atoms with Gasteiger partial charge in [-0.1, -0.05) is 0 Å². The van der Waals surface area contributed by atoms with Crippen LogP contribution in [0.4, 0.5) is 14.5 Å². The molecule has 1 N–H and O–H groups in total. The molecule has 0 aliphatic carbocycles. The van der Waals surface area contributed by atoms with Crippen molar-refractivity contribution in [2.45, 2.75) is 0 Å². The molecule has 204 valence electrons. The molecule has 0 spiro atoms. The number of benzene rings is 3. The average molecular weight is 554 g/mol. The number of aryl methyl sites for hydroxylation is 1. The highest BCUT2D eigenvalue weighted by Crippen LogP contribution is 2.33. The van der Waals surface area contributed by atoms with E-state index in [2.05, 4.69) is 15.4 Å². The van der Waals surface area contributed by atoms with E-state index >= 15 is 4.39 Å². The summed E-state index contributed by atoms with van der Waals surface area (Å²) >= 11 is 0. The van der Waals surface area contributed by atoms with E-state index < -0.39 is 23.1 Å². The molecule has 0 radical (unpaired) electrons. The van der Waals surface area contributed by atoms with E-state index in [0.29, 0.717) is 39.1 Å². The molecule has 0 atom stereocenters. The number of fused-ring (bicyclic) bond motifs is 2. The predicted octanol–water partition coefficient (Wildman–Crippen LogP) is 5.60. The van der Waals surface area contributed by atoms with Crippen LogP contribution in [-0.2, 0) is 7.05 Å². The Balaban J connectivity index is 1.30. The van der Waals surface area contributed by atoms with E-state index in [-0.39, 0.29) is 17.0 Å². The highest BCUT2D eigenvalue weighted by molar-refractivity contribution is 6.05. The van der Waals surface area contributed by atoms with Gasteiger partial charge in [0.1, 0.15) is 28.5 Å². The summed E-state index contributed by atoms with van der Waals surface area (Å²) in [7, 11) is 3.20. The van der Waals surface area contributed by atoms with Gasteiger partial charge < -0.3 is 14.8 Å². The molecular weight excluding hydrogens is 532 g/mol. The molecule has 0 saturated heterocycles. The lowest BCUT2D eigenvalue weighted by Crippen LogP contribution is -2.29. The normalized spacial score (nSPS) is 11.1. The van der Waals surface area contributed by atoms with Crippen molar-refractivity contribution in [3.05, 3.63) is 113 Å². The third kappa shape index (κ3) is 4.73. The Morgan fingerprint density at radius 3 is 2.51 bits per heavy atom. The molecule has 1 amide bonds. The number of nitrogens with zero attached hydrogens (tertiary/aromatic N) is 4. The number of hydrogen-bond acceptors (Lipinski definition) is 6. The second kappa shape index (κ2) is 10.2. The van der Waals surface area contributed by atoms with Crippen LogP contribution in [0.15, 0.2) is 90.0 Å². The fourth-order valence-electron chi connectivity index (χ4n) is 4.55.